The lowest BCUT2D eigenvalue weighted by Crippen LogP contribution is -2.34. The molecule has 2 aromatic carbocycles. The van der Waals surface area contributed by atoms with E-state index >= 15 is 0 Å². The number of halogens is 1. The molecule has 3 aliphatic rings. The number of amides is 1. The average molecular weight is 405 g/mol. The lowest BCUT2D eigenvalue weighted by molar-refractivity contribution is -0.145. The van der Waals surface area contributed by atoms with Gasteiger partial charge in [-0.05, 0) is 78.6 Å². The summed E-state index contributed by atoms with van der Waals surface area (Å²) < 4.78 is 19.4. The van der Waals surface area contributed by atoms with Gasteiger partial charge in [0, 0.05) is 18.2 Å². The van der Waals surface area contributed by atoms with E-state index in [9.17, 15) is 14.0 Å². The Bertz CT molecular complexity index is 1100. The van der Waals surface area contributed by atoms with Crippen molar-refractivity contribution in [2.75, 3.05) is 7.11 Å². The van der Waals surface area contributed by atoms with Crippen LogP contribution in [0.1, 0.15) is 58.3 Å². The van der Waals surface area contributed by atoms with Crippen LogP contribution >= 0.6 is 0 Å². The zero-order valence-corrected chi connectivity index (χ0v) is 17.2. The molecule has 1 aliphatic heterocycles. The Morgan fingerprint density at radius 1 is 1.23 bits per heavy atom. The summed E-state index contributed by atoms with van der Waals surface area (Å²) in [5.74, 6) is -0.574. The zero-order valence-electron chi connectivity index (χ0n) is 17.2. The maximum atomic E-state index is 14.3. The van der Waals surface area contributed by atoms with Crippen molar-refractivity contribution in [2.45, 2.75) is 50.6 Å². The van der Waals surface area contributed by atoms with E-state index in [1.165, 1.54) is 13.2 Å². The molecule has 0 spiro atoms. The van der Waals surface area contributed by atoms with E-state index in [4.69, 9.17) is 4.74 Å². The second kappa shape index (κ2) is 6.79. The number of benzene rings is 2. The van der Waals surface area contributed by atoms with Gasteiger partial charge in [0.15, 0.2) is 0 Å². The molecule has 4 nitrogen and oxygen atoms in total. The normalized spacial score (nSPS) is 22.8. The second-order valence-corrected chi connectivity index (χ2v) is 8.58. The van der Waals surface area contributed by atoms with Crippen LogP contribution in [0.3, 0.4) is 0 Å². The van der Waals surface area contributed by atoms with Crippen LogP contribution in [-0.2, 0) is 21.5 Å². The third-order valence-electron chi connectivity index (χ3n) is 6.80. The van der Waals surface area contributed by atoms with Gasteiger partial charge >= 0.3 is 5.97 Å². The highest BCUT2D eigenvalue weighted by atomic mass is 19.1. The Morgan fingerprint density at radius 3 is 2.77 bits per heavy atom. The van der Waals surface area contributed by atoms with Crippen LogP contribution in [0.4, 0.5) is 4.39 Å². The maximum Gasteiger partial charge on any atom is 0.320 e. The molecule has 1 saturated carbocycles. The molecule has 1 fully saturated rings. The first-order valence-corrected chi connectivity index (χ1v) is 10.4. The van der Waals surface area contributed by atoms with Crippen LogP contribution in [0.5, 0.6) is 0 Å². The molecule has 2 aliphatic carbocycles. The van der Waals surface area contributed by atoms with Crippen molar-refractivity contribution in [1.29, 1.82) is 0 Å². The molecule has 154 valence electrons. The van der Waals surface area contributed by atoms with Gasteiger partial charge in [0.25, 0.3) is 5.91 Å². The molecule has 0 radical (unpaired) electrons. The van der Waals surface area contributed by atoms with Crippen LogP contribution in [0.15, 0.2) is 42.5 Å². The Kier molecular flexibility index (Phi) is 4.31. The molecule has 1 heterocycles. The van der Waals surface area contributed by atoms with Crippen LogP contribution in [0, 0.1) is 12.7 Å². The summed E-state index contributed by atoms with van der Waals surface area (Å²) >= 11 is 0. The molecular formula is C25H24FNO3. The smallest absolute Gasteiger partial charge is 0.320 e. The summed E-state index contributed by atoms with van der Waals surface area (Å²) in [5.41, 5.74) is 4.00. The van der Waals surface area contributed by atoms with Crippen molar-refractivity contribution in [3.8, 4) is 0 Å². The van der Waals surface area contributed by atoms with Crippen LogP contribution < -0.4 is 0 Å². The van der Waals surface area contributed by atoms with Gasteiger partial charge in [0.2, 0.25) is 0 Å². The molecule has 1 unspecified atom stereocenters. The van der Waals surface area contributed by atoms with E-state index in [0.717, 1.165) is 35.1 Å². The van der Waals surface area contributed by atoms with Gasteiger partial charge in [0.05, 0.1) is 7.11 Å². The fourth-order valence-electron chi connectivity index (χ4n) is 4.98. The number of carbonyl (C=O) groups is 2. The van der Waals surface area contributed by atoms with Gasteiger partial charge in [0.1, 0.15) is 11.2 Å². The zero-order chi connectivity index (χ0) is 21.0. The van der Waals surface area contributed by atoms with Gasteiger partial charge in [-0.1, -0.05) is 24.3 Å². The van der Waals surface area contributed by atoms with Gasteiger partial charge in [-0.3, -0.25) is 9.59 Å². The summed E-state index contributed by atoms with van der Waals surface area (Å²) in [6.45, 7) is 2.36. The van der Waals surface area contributed by atoms with E-state index in [-0.39, 0.29) is 17.7 Å². The molecule has 5 rings (SSSR count). The molecular weight excluding hydrogens is 381 g/mol. The molecule has 1 atom stereocenters. The van der Waals surface area contributed by atoms with Gasteiger partial charge < -0.3 is 9.64 Å². The first-order chi connectivity index (χ1) is 14.4. The topological polar surface area (TPSA) is 46.6 Å². The summed E-state index contributed by atoms with van der Waals surface area (Å²) in [6, 6.07) is 11.2. The summed E-state index contributed by atoms with van der Waals surface area (Å²) in [7, 11) is 1.37. The monoisotopic (exact) mass is 405 g/mol. The number of hydrogen-bond acceptors (Lipinski definition) is 3. The summed E-state index contributed by atoms with van der Waals surface area (Å²) in [4.78, 5) is 27.5. The third kappa shape index (κ3) is 2.79. The maximum absolute atomic E-state index is 14.3. The quantitative estimate of drug-likeness (QED) is 0.702. The highest BCUT2D eigenvalue weighted by molar-refractivity contribution is 5.99. The number of rotatable bonds is 4. The van der Waals surface area contributed by atoms with E-state index in [2.05, 4.69) is 6.07 Å². The van der Waals surface area contributed by atoms with E-state index in [1.54, 1.807) is 13.0 Å². The van der Waals surface area contributed by atoms with Crippen molar-refractivity contribution in [2.24, 2.45) is 0 Å². The van der Waals surface area contributed by atoms with Gasteiger partial charge in [-0.2, -0.15) is 0 Å². The van der Waals surface area contributed by atoms with Crippen molar-refractivity contribution in [3.63, 3.8) is 0 Å². The molecule has 2 aromatic rings. The Morgan fingerprint density at radius 2 is 2.03 bits per heavy atom. The number of hydrogen-bond donors (Lipinski definition) is 0. The number of fused-ring (bicyclic) bond motifs is 1. The number of nitrogens with zero attached hydrogens (tertiary/aromatic N) is 1. The first-order valence-electron chi connectivity index (χ1n) is 10.4. The molecule has 5 heteroatoms. The molecule has 0 saturated heterocycles. The van der Waals surface area contributed by atoms with Crippen LogP contribution in [-0.4, -0.2) is 29.9 Å². The van der Waals surface area contributed by atoms with Gasteiger partial charge in [-0.25, -0.2) is 4.39 Å². The van der Waals surface area contributed by atoms with Crippen molar-refractivity contribution < 1.29 is 18.7 Å². The third-order valence-corrected chi connectivity index (χ3v) is 6.80. The minimum absolute atomic E-state index is 0.124. The lowest BCUT2D eigenvalue weighted by atomic mass is 9.77. The first kappa shape index (κ1) is 19.0. The average Bonchev–Trinajstić information content (AvgIpc) is 3.41. The molecule has 0 bridgehead atoms. The summed E-state index contributed by atoms with van der Waals surface area (Å²) in [5, 5.41) is 0. The van der Waals surface area contributed by atoms with Crippen LogP contribution in [0.25, 0.3) is 5.57 Å². The Labute approximate surface area is 175 Å². The SMILES string of the molecule is COC(=O)C1(c2cccc(F)c2C)C=C(c2ccc3c(c2)CN(C2CC2)C3=O)CC1. The second-order valence-electron chi connectivity index (χ2n) is 8.58. The van der Waals surface area contributed by atoms with Gasteiger partial charge in [-0.15, -0.1) is 0 Å². The predicted molar refractivity (Wildman–Crippen MR) is 111 cm³/mol. The largest absolute Gasteiger partial charge is 0.468 e. The molecule has 30 heavy (non-hydrogen) atoms. The lowest BCUT2D eigenvalue weighted by Gasteiger charge is -2.26. The highest BCUT2D eigenvalue weighted by Crippen LogP contribution is 2.46. The van der Waals surface area contributed by atoms with E-state index in [1.807, 2.05) is 29.2 Å². The molecule has 0 aromatic heterocycles. The van der Waals surface area contributed by atoms with E-state index in [0.29, 0.717) is 36.6 Å². The van der Waals surface area contributed by atoms with Crippen LogP contribution in [0.2, 0.25) is 0 Å². The number of ether oxygens (including phenoxy) is 1. The van der Waals surface area contributed by atoms with Crippen molar-refractivity contribution in [1.82, 2.24) is 4.90 Å². The molecule has 0 N–H and O–H groups in total. The fraction of sp³-hybridized carbons (Fsp3) is 0.360. The predicted octanol–water partition coefficient (Wildman–Crippen LogP) is 4.54. The number of methoxy groups -OCH3 is 1. The molecule has 1 amide bonds. The standard InChI is InChI=1S/C25H24FNO3/c1-15-21(4-3-5-22(15)26)25(24(29)30-2)11-10-17(13-25)16-6-9-20-18(12-16)14-27(23(20)28)19-7-8-19/h3-6,9,12-13,19H,7-8,10-11,14H2,1-2H3. The highest BCUT2D eigenvalue weighted by Gasteiger charge is 2.45. The Hall–Kier alpha value is -2.95. The minimum Gasteiger partial charge on any atom is -0.468 e. The Balaban J connectivity index is 1.55. The fourth-order valence-corrected chi connectivity index (χ4v) is 4.98. The van der Waals surface area contributed by atoms with Crippen molar-refractivity contribution >= 4 is 17.4 Å². The number of esters is 1. The van der Waals surface area contributed by atoms with Crippen molar-refractivity contribution in [3.05, 3.63) is 76.1 Å². The number of carbonyl (C=O) groups excluding carboxylic acids is 2. The minimum atomic E-state index is -0.995. The number of allylic oxidation sites excluding steroid dienone is 1. The van der Waals surface area contributed by atoms with E-state index < -0.39 is 5.41 Å². The summed E-state index contributed by atoms with van der Waals surface area (Å²) in [6.07, 6.45) is 5.34.